The van der Waals surface area contributed by atoms with Crippen LogP contribution in [0.3, 0.4) is 0 Å². The van der Waals surface area contributed by atoms with Crippen LogP contribution in [0.4, 0.5) is 5.69 Å². The molecule has 2 rings (SSSR count). The first-order valence-corrected chi connectivity index (χ1v) is 6.92. The zero-order valence-corrected chi connectivity index (χ0v) is 11.9. The van der Waals surface area contributed by atoms with Crippen molar-refractivity contribution in [3.63, 3.8) is 0 Å². The van der Waals surface area contributed by atoms with Crippen LogP contribution in [0.1, 0.15) is 16.1 Å². The lowest BCUT2D eigenvalue weighted by Crippen LogP contribution is -2.26. The van der Waals surface area contributed by atoms with Crippen molar-refractivity contribution in [3.8, 4) is 0 Å². The second-order valence-electron chi connectivity index (χ2n) is 4.59. The highest BCUT2D eigenvalue weighted by molar-refractivity contribution is 5.92. The summed E-state index contributed by atoms with van der Waals surface area (Å²) in [5.74, 6) is -0.152. The third-order valence-electron chi connectivity index (χ3n) is 2.99. The van der Waals surface area contributed by atoms with Crippen molar-refractivity contribution in [2.45, 2.75) is 6.42 Å². The normalized spacial score (nSPS) is 9.90. The summed E-state index contributed by atoms with van der Waals surface area (Å²) in [6, 6.07) is 13.6. The summed E-state index contributed by atoms with van der Waals surface area (Å²) in [5, 5.41) is 5.98. The Bertz CT molecular complexity index is 579. The third-order valence-corrected chi connectivity index (χ3v) is 2.99. The Labute approximate surface area is 124 Å². The molecule has 0 spiro atoms. The average Bonchev–Trinajstić information content (AvgIpc) is 2.54. The highest BCUT2D eigenvalue weighted by Crippen LogP contribution is 2.06. The molecule has 1 amide bonds. The molecule has 0 aliphatic rings. The lowest BCUT2D eigenvalue weighted by Gasteiger charge is -2.06. The van der Waals surface area contributed by atoms with Gasteiger partial charge in [-0.2, -0.15) is 0 Å². The van der Waals surface area contributed by atoms with Crippen molar-refractivity contribution >= 4 is 11.6 Å². The van der Waals surface area contributed by atoms with Crippen molar-refractivity contribution in [2.24, 2.45) is 0 Å². The molecule has 1 heterocycles. The SMILES string of the molecule is C=CCNc1ccc(C(=O)NCCc2ccccc2)nc1. The van der Waals surface area contributed by atoms with E-state index in [9.17, 15) is 4.79 Å². The Morgan fingerprint density at radius 2 is 2.00 bits per heavy atom. The highest BCUT2D eigenvalue weighted by Gasteiger charge is 2.06. The van der Waals surface area contributed by atoms with E-state index >= 15 is 0 Å². The summed E-state index contributed by atoms with van der Waals surface area (Å²) in [7, 11) is 0. The molecule has 108 valence electrons. The van der Waals surface area contributed by atoms with Gasteiger partial charge in [0.05, 0.1) is 11.9 Å². The van der Waals surface area contributed by atoms with E-state index < -0.39 is 0 Å². The first-order valence-electron chi connectivity index (χ1n) is 6.92. The van der Waals surface area contributed by atoms with Crippen molar-refractivity contribution in [3.05, 3.63) is 72.6 Å². The molecule has 0 unspecified atom stereocenters. The van der Waals surface area contributed by atoms with Gasteiger partial charge in [0.2, 0.25) is 0 Å². The van der Waals surface area contributed by atoms with Crippen molar-refractivity contribution in [1.82, 2.24) is 10.3 Å². The standard InChI is InChI=1S/C17H19N3O/c1-2-11-18-15-8-9-16(20-13-15)17(21)19-12-10-14-6-4-3-5-7-14/h2-9,13,18H,1,10-12H2,(H,19,21). The van der Waals surface area contributed by atoms with Crippen LogP contribution in [-0.2, 0) is 6.42 Å². The molecule has 0 atom stereocenters. The number of nitrogens with one attached hydrogen (secondary N) is 2. The minimum atomic E-state index is -0.152. The van der Waals surface area contributed by atoms with Crippen LogP contribution in [-0.4, -0.2) is 24.0 Å². The van der Waals surface area contributed by atoms with Gasteiger partial charge in [0, 0.05) is 13.1 Å². The first kappa shape index (κ1) is 14.8. The fourth-order valence-corrected chi connectivity index (χ4v) is 1.88. The molecular weight excluding hydrogens is 262 g/mol. The Kier molecular flexibility index (Phi) is 5.52. The maximum Gasteiger partial charge on any atom is 0.269 e. The Morgan fingerprint density at radius 1 is 1.19 bits per heavy atom. The van der Waals surface area contributed by atoms with Gasteiger partial charge in [-0.05, 0) is 24.1 Å². The maximum absolute atomic E-state index is 12.0. The number of hydrogen-bond donors (Lipinski definition) is 2. The summed E-state index contributed by atoms with van der Waals surface area (Å²) in [6.45, 7) is 4.90. The largest absolute Gasteiger partial charge is 0.380 e. The first-order chi connectivity index (χ1) is 10.3. The summed E-state index contributed by atoms with van der Waals surface area (Å²) in [4.78, 5) is 16.1. The van der Waals surface area contributed by atoms with Crippen LogP contribution in [0, 0.1) is 0 Å². The molecule has 0 fully saturated rings. The van der Waals surface area contributed by atoms with Gasteiger partial charge < -0.3 is 10.6 Å². The smallest absolute Gasteiger partial charge is 0.269 e. The third kappa shape index (κ3) is 4.76. The molecule has 1 aromatic carbocycles. The van der Waals surface area contributed by atoms with Crippen LogP contribution < -0.4 is 10.6 Å². The number of anilines is 1. The number of rotatable bonds is 7. The zero-order chi connectivity index (χ0) is 14.9. The Hall–Kier alpha value is -2.62. The summed E-state index contributed by atoms with van der Waals surface area (Å²) in [5.41, 5.74) is 2.50. The van der Waals surface area contributed by atoms with Gasteiger partial charge >= 0.3 is 0 Å². The second kappa shape index (κ2) is 7.85. The fraction of sp³-hybridized carbons (Fsp3) is 0.176. The van der Waals surface area contributed by atoms with Crippen molar-refractivity contribution < 1.29 is 4.79 Å². The number of aromatic nitrogens is 1. The molecule has 0 aliphatic carbocycles. The highest BCUT2D eigenvalue weighted by atomic mass is 16.1. The van der Waals surface area contributed by atoms with Gasteiger partial charge in [-0.3, -0.25) is 4.79 Å². The van der Waals surface area contributed by atoms with Crippen LogP contribution in [0.15, 0.2) is 61.3 Å². The van der Waals surface area contributed by atoms with E-state index in [4.69, 9.17) is 0 Å². The van der Waals surface area contributed by atoms with Gasteiger partial charge in [-0.1, -0.05) is 36.4 Å². The van der Waals surface area contributed by atoms with E-state index in [1.54, 1.807) is 18.3 Å². The van der Waals surface area contributed by atoms with E-state index in [2.05, 4.69) is 22.2 Å². The quantitative estimate of drug-likeness (QED) is 0.767. The summed E-state index contributed by atoms with van der Waals surface area (Å²) >= 11 is 0. The molecule has 0 saturated carbocycles. The van der Waals surface area contributed by atoms with Gasteiger partial charge in [0.25, 0.3) is 5.91 Å². The van der Waals surface area contributed by atoms with Gasteiger partial charge in [-0.15, -0.1) is 6.58 Å². The summed E-state index contributed by atoms with van der Waals surface area (Å²) < 4.78 is 0. The zero-order valence-electron chi connectivity index (χ0n) is 11.9. The molecule has 1 aromatic heterocycles. The molecule has 21 heavy (non-hydrogen) atoms. The van der Waals surface area contributed by atoms with E-state index in [0.717, 1.165) is 12.1 Å². The number of nitrogens with zero attached hydrogens (tertiary/aromatic N) is 1. The molecule has 4 heteroatoms. The molecule has 0 radical (unpaired) electrons. The average molecular weight is 281 g/mol. The van der Waals surface area contributed by atoms with Crippen molar-refractivity contribution in [1.29, 1.82) is 0 Å². The number of amides is 1. The monoisotopic (exact) mass is 281 g/mol. The fourth-order valence-electron chi connectivity index (χ4n) is 1.88. The predicted octanol–water partition coefficient (Wildman–Crippen LogP) is 2.65. The molecule has 4 nitrogen and oxygen atoms in total. The molecule has 2 N–H and O–H groups in total. The number of carbonyl (C=O) groups is 1. The lowest BCUT2D eigenvalue weighted by atomic mass is 10.1. The predicted molar refractivity (Wildman–Crippen MR) is 85.4 cm³/mol. The molecule has 0 saturated heterocycles. The van der Waals surface area contributed by atoms with E-state index in [1.807, 2.05) is 36.4 Å². The van der Waals surface area contributed by atoms with Crippen LogP contribution in [0.5, 0.6) is 0 Å². The Balaban J connectivity index is 1.81. The molecule has 0 aliphatic heterocycles. The number of benzene rings is 1. The van der Waals surface area contributed by atoms with E-state index in [-0.39, 0.29) is 5.91 Å². The van der Waals surface area contributed by atoms with Crippen LogP contribution in [0.2, 0.25) is 0 Å². The minimum absolute atomic E-state index is 0.152. The van der Waals surface area contributed by atoms with Gasteiger partial charge in [0.1, 0.15) is 5.69 Å². The second-order valence-corrected chi connectivity index (χ2v) is 4.59. The topological polar surface area (TPSA) is 54.0 Å². The Morgan fingerprint density at radius 3 is 2.67 bits per heavy atom. The van der Waals surface area contributed by atoms with Gasteiger partial charge in [0.15, 0.2) is 0 Å². The molecule has 2 aromatic rings. The van der Waals surface area contributed by atoms with Gasteiger partial charge in [-0.25, -0.2) is 4.98 Å². The van der Waals surface area contributed by atoms with Crippen molar-refractivity contribution in [2.75, 3.05) is 18.4 Å². The van der Waals surface area contributed by atoms with Crippen LogP contribution in [0.25, 0.3) is 0 Å². The molecule has 0 bridgehead atoms. The number of carbonyl (C=O) groups excluding carboxylic acids is 1. The van der Waals surface area contributed by atoms with E-state index in [1.165, 1.54) is 5.56 Å². The number of hydrogen-bond acceptors (Lipinski definition) is 3. The number of pyridine rings is 1. The minimum Gasteiger partial charge on any atom is -0.380 e. The van der Waals surface area contributed by atoms with E-state index in [0.29, 0.717) is 18.8 Å². The van der Waals surface area contributed by atoms with Crippen LogP contribution >= 0.6 is 0 Å². The molecular formula is C17H19N3O. The summed E-state index contributed by atoms with van der Waals surface area (Å²) in [6.07, 6.45) is 4.23. The lowest BCUT2D eigenvalue weighted by molar-refractivity contribution is 0.0949. The maximum atomic E-state index is 12.0.